The Kier molecular flexibility index (Phi) is 4.11. The molecule has 2 atom stereocenters. The number of nitrogens with two attached hydrogens (primary N) is 1. The van der Waals surface area contributed by atoms with Crippen molar-refractivity contribution >= 4 is 0 Å². The first-order chi connectivity index (χ1) is 10.3. The Hall–Kier alpha value is -2.00. The molecule has 2 aromatic carbocycles. The third-order valence-corrected chi connectivity index (χ3v) is 3.78. The van der Waals surface area contributed by atoms with Gasteiger partial charge < -0.3 is 15.2 Å². The van der Waals surface area contributed by atoms with Crippen LogP contribution in [0.4, 0.5) is 0 Å². The normalized spacial score (nSPS) is 20.5. The van der Waals surface area contributed by atoms with Gasteiger partial charge in [-0.1, -0.05) is 37.3 Å². The third-order valence-electron chi connectivity index (χ3n) is 3.78. The summed E-state index contributed by atoms with van der Waals surface area (Å²) in [5, 5.41) is 0. The molecule has 0 fully saturated rings. The van der Waals surface area contributed by atoms with E-state index in [1.165, 1.54) is 0 Å². The smallest absolute Gasteiger partial charge is 0.126 e. The van der Waals surface area contributed by atoms with Gasteiger partial charge in [-0.2, -0.15) is 0 Å². The Balaban J connectivity index is 1.76. The summed E-state index contributed by atoms with van der Waals surface area (Å²) in [6.07, 6.45) is 1.82. The summed E-state index contributed by atoms with van der Waals surface area (Å²) in [7, 11) is 0. The van der Waals surface area contributed by atoms with Crippen LogP contribution in [0.3, 0.4) is 0 Å². The van der Waals surface area contributed by atoms with Crippen molar-refractivity contribution in [1.82, 2.24) is 0 Å². The predicted octanol–water partition coefficient (Wildman–Crippen LogP) is 4.00. The molecule has 0 saturated carbocycles. The van der Waals surface area contributed by atoms with Crippen molar-refractivity contribution < 1.29 is 9.47 Å². The number of hydrogen-bond donors (Lipinski definition) is 1. The SMILES string of the molecule is CCCOc1ccc(C2C[C@@H](N)c3ccccc3O2)cc1. The number of hydrogen-bond acceptors (Lipinski definition) is 3. The van der Waals surface area contributed by atoms with Crippen molar-refractivity contribution in [2.24, 2.45) is 5.73 Å². The van der Waals surface area contributed by atoms with Gasteiger partial charge in [0, 0.05) is 18.0 Å². The topological polar surface area (TPSA) is 44.5 Å². The van der Waals surface area contributed by atoms with Crippen LogP contribution in [0.25, 0.3) is 0 Å². The zero-order valence-corrected chi connectivity index (χ0v) is 12.3. The first-order valence-electron chi connectivity index (χ1n) is 7.52. The number of fused-ring (bicyclic) bond motifs is 1. The second kappa shape index (κ2) is 6.19. The summed E-state index contributed by atoms with van der Waals surface area (Å²) < 4.78 is 11.7. The summed E-state index contributed by atoms with van der Waals surface area (Å²) in [5.41, 5.74) is 8.50. The number of ether oxygens (including phenoxy) is 2. The second-order valence-electron chi connectivity index (χ2n) is 5.40. The van der Waals surface area contributed by atoms with Gasteiger partial charge in [0.1, 0.15) is 17.6 Å². The molecule has 0 radical (unpaired) electrons. The van der Waals surface area contributed by atoms with Crippen molar-refractivity contribution in [1.29, 1.82) is 0 Å². The maximum atomic E-state index is 6.27. The van der Waals surface area contributed by atoms with Gasteiger partial charge in [0.05, 0.1) is 6.61 Å². The van der Waals surface area contributed by atoms with Crippen LogP contribution in [0, 0.1) is 0 Å². The van der Waals surface area contributed by atoms with E-state index in [-0.39, 0.29) is 12.1 Å². The molecule has 1 aliphatic heterocycles. The third kappa shape index (κ3) is 3.03. The minimum atomic E-state index is 0.00938. The Morgan fingerprint density at radius 2 is 1.90 bits per heavy atom. The van der Waals surface area contributed by atoms with Crippen LogP contribution in [0.2, 0.25) is 0 Å². The lowest BCUT2D eigenvalue weighted by molar-refractivity contribution is 0.161. The van der Waals surface area contributed by atoms with Crippen molar-refractivity contribution in [3.05, 3.63) is 59.7 Å². The number of benzene rings is 2. The lowest BCUT2D eigenvalue weighted by atomic mass is 9.93. The van der Waals surface area contributed by atoms with Crippen LogP contribution in [-0.2, 0) is 0 Å². The fraction of sp³-hybridized carbons (Fsp3) is 0.333. The monoisotopic (exact) mass is 283 g/mol. The highest BCUT2D eigenvalue weighted by Crippen LogP contribution is 2.39. The zero-order chi connectivity index (χ0) is 14.7. The van der Waals surface area contributed by atoms with Crippen molar-refractivity contribution in [3.8, 4) is 11.5 Å². The van der Waals surface area contributed by atoms with E-state index in [0.29, 0.717) is 0 Å². The molecule has 1 heterocycles. The Morgan fingerprint density at radius 3 is 2.67 bits per heavy atom. The van der Waals surface area contributed by atoms with Crippen LogP contribution in [0.5, 0.6) is 11.5 Å². The minimum absolute atomic E-state index is 0.00938. The summed E-state index contributed by atoms with van der Waals surface area (Å²) in [6, 6.07) is 16.2. The van der Waals surface area contributed by atoms with E-state index in [2.05, 4.69) is 19.1 Å². The molecule has 0 spiro atoms. The van der Waals surface area contributed by atoms with E-state index < -0.39 is 0 Å². The van der Waals surface area contributed by atoms with Crippen LogP contribution >= 0.6 is 0 Å². The van der Waals surface area contributed by atoms with Gasteiger partial charge in [0.25, 0.3) is 0 Å². The molecule has 0 aliphatic carbocycles. The summed E-state index contributed by atoms with van der Waals surface area (Å²) in [5.74, 6) is 1.80. The molecular weight excluding hydrogens is 262 g/mol. The fourth-order valence-corrected chi connectivity index (χ4v) is 2.66. The highest BCUT2D eigenvalue weighted by atomic mass is 16.5. The molecule has 3 heteroatoms. The average molecular weight is 283 g/mol. The van der Waals surface area contributed by atoms with Gasteiger partial charge in [0.15, 0.2) is 0 Å². The van der Waals surface area contributed by atoms with Crippen LogP contribution < -0.4 is 15.2 Å². The molecule has 0 amide bonds. The highest BCUT2D eigenvalue weighted by molar-refractivity contribution is 5.39. The summed E-state index contributed by atoms with van der Waals surface area (Å²) in [6.45, 7) is 2.85. The first-order valence-corrected chi connectivity index (χ1v) is 7.52. The first kappa shape index (κ1) is 14.0. The quantitative estimate of drug-likeness (QED) is 0.922. The van der Waals surface area contributed by atoms with E-state index in [9.17, 15) is 0 Å². The minimum Gasteiger partial charge on any atom is -0.494 e. The van der Waals surface area contributed by atoms with Gasteiger partial charge in [-0.05, 0) is 30.2 Å². The standard InChI is InChI=1S/C18H21NO2/c1-2-11-20-14-9-7-13(8-10-14)18-12-16(19)15-5-3-4-6-17(15)21-18/h3-10,16,18H,2,11-12,19H2,1H3/t16-,18?/m1/s1. The van der Waals surface area contributed by atoms with Gasteiger partial charge in [-0.15, -0.1) is 0 Å². The van der Waals surface area contributed by atoms with E-state index in [4.69, 9.17) is 15.2 Å². The zero-order valence-electron chi connectivity index (χ0n) is 12.3. The summed E-state index contributed by atoms with van der Waals surface area (Å²) >= 11 is 0. The molecule has 3 nitrogen and oxygen atoms in total. The highest BCUT2D eigenvalue weighted by Gasteiger charge is 2.26. The van der Waals surface area contributed by atoms with Crippen molar-refractivity contribution in [2.75, 3.05) is 6.61 Å². The molecule has 2 aromatic rings. The molecule has 21 heavy (non-hydrogen) atoms. The van der Waals surface area contributed by atoms with Gasteiger partial charge in [-0.3, -0.25) is 0 Å². The molecule has 0 saturated heterocycles. The number of rotatable bonds is 4. The van der Waals surface area contributed by atoms with Crippen molar-refractivity contribution in [2.45, 2.75) is 31.9 Å². The maximum absolute atomic E-state index is 6.27. The predicted molar refractivity (Wildman–Crippen MR) is 83.6 cm³/mol. The molecular formula is C18H21NO2. The largest absolute Gasteiger partial charge is 0.494 e. The molecule has 2 N–H and O–H groups in total. The van der Waals surface area contributed by atoms with E-state index in [1.54, 1.807) is 0 Å². The second-order valence-corrected chi connectivity index (χ2v) is 5.40. The van der Waals surface area contributed by atoms with E-state index in [1.807, 2.05) is 36.4 Å². The Morgan fingerprint density at radius 1 is 1.14 bits per heavy atom. The Bertz CT molecular complexity index is 594. The molecule has 0 bridgehead atoms. The molecule has 110 valence electrons. The summed E-state index contributed by atoms with van der Waals surface area (Å²) in [4.78, 5) is 0. The molecule has 3 rings (SSSR count). The van der Waals surface area contributed by atoms with E-state index in [0.717, 1.165) is 42.1 Å². The van der Waals surface area contributed by atoms with E-state index >= 15 is 0 Å². The lowest BCUT2D eigenvalue weighted by Gasteiger charge is -2.30. The van der Waals surface area contributed by atoms with Crippen LogP contribution in [-0.4, -0.2) is 6.61 Å². The Labute approximate surface area is 125 Å². The molecule has 0 aromatic heterocycles. The van der Waals surface area contributed by atoms with Gasteiger partial charge in [-0.25, -0.2) is 0 Å². The van der Waals surface area contributed by atoms with Gasteiger partial charge in [0.2, 0.25) is 0 Å². The average Bonchev–Trinajstić information content (AvgIpc) is 2.53. The molecule has 1 unspecified atom stereocenters. The van der Waals surface area contributed by atoms with Gasteiger partial charge >= 0.3 is 0 Å². The van der Waals surface area contributed by atoms with Crippen LogP contribution in [0.1, 0.15) is 43.0 Å². The molecule has 1 aliphatic rings. The van der Waals surface area contributed by atoms with Crippen LogP contribution in [0.15, 0.2) is 48.5 Å². The lowest BCUT2D eigenvalue weighted by Crippen LogP contribution is -2.24. The number of para-hydroxylation sites is 1. The van der Waals surface area contributed by atoms with Crippen molar-refractivity contribution in [3.63, 3.8) is 0 Å². The maximum Gasteiger partial charge on any atom is 0.126 e. The fourth-order valence-electron chi connectivity index (χ4n) is 2.66.